The summed E-state index contributed by atoms with van der Waals surface area (Å²) in [6.45, 7) is 3.58. The van der Waals surface area contributed by atoms with Crippen molar-refractivity contribution in [2.45, 2.75) is 0 Å². The molecular formula is C10H11O2. The molecule has 1 aromatic rings. The van der Waals surface area contributed by atoms with Gasteiger partial charge >= 0.3 is 0 Å². The molecule has 0 aromatic heterocycles. The number of allylic oxidation sites excluding steroid dienone is 1. The molecule has 0 aliphatic heterocycles. The van der Waals surface area contributed by atoms with Crippen molar-refractivity contribution in [1.82, 2.24) is 0 Å². The van der Waals surface area contributed by atoms with Crippen LogP contribution in [-0.2, 0) is 0 Å². The zero-order valence-corrected chi connectivity index (χ0v) is 6.95. The second kappa shape index (κ2) is 3.81. The van der Waals surface area contributed by atoms with Crippen LogP contribution >= 0.6 is 0 Å². The van der Waals surface area contributed by atoms with Gasteiger partial charge in [-0.05, 0) is 17.7 Å². The van der Waals surface area contributed by atoms with E-state index in [2.05, 4.69) is 6.58 Å². The molecular weight excluding hydrogens is 152 g/mol. The molecule has 0 saturated carbocycles. The molecule has 1 radical (unpaired) electrons. The minimum absolute atomic E-state index is 0.152. The average molecular weight is 163 g/mol. The Bertz CT molecular complexity index is 279. The summed E-state index contributed by atoms with van der Waals surface area (Å²) in [6.07, 6.45) is 3.52. The Morgan fingerprint density at radius 3 is 2.83 bits per heavy atom. The second-order valence-corrected chi connectivity index (χ2v) is 2.33. The molecule has 0 amide bonds. The van der Waals surface area contributed by atoms with Gasteiger partial charge in [-0.25, -0.2) is 0 Å². The van der Waals surface area contributed by atoms with Gasteiger partial charge in [0.05, 0.1) is 7.11 Å². The molecule has 1 aromatic carbocycles. The zero-order valence-electron chi connectivity index (χ0n) is 6.95. The van der Waals surface area contributed by atoms with E-state index in [1.807, 2.05) is 6.42 Å². The number of methoxy groups -OCH3 is 1. The summed E-state index contributed by atoms with van der Waals surface area (Å²) >= 11 is 0. The summed E-state index contributed by atoms with van der Waals surface area (Å²) in [5, 5.41) is 9.24. The standard InChI is InChI=1S/C10H11O2/c1-3-4-8-5-6-9(11)10(7-8)12-2/h3-7,11H,1H2,2H3. The smallest absolute Gasteiger partial charge is 0.160 e. The van der Waals surface area contributed by atoms with E-state index in [0.29, 0.717) is 5.75 Å². The summed E-state index contributed by atoms with van der Waals surface area (Å²) in [6, 6.07) is 5.13. The highest BCUT2D eigenvalue weighted by atomic mass is 16.5. The van der Waals surface area contributed by atoms with Gasteiger partial charge in [0.15, 0.2) is 11.5 Å². The molecule has 0 aliphatic rings. The van der Waals surface area contributed by atoms with Crippen LogP contribution in [0, 0.1) is 6.42 Å². The van der Waals surface area contributed by atoms with Gasteiger partial charge in [0.1, 0.15) is 0 Å². The maximum absolute atomic E-state index is 9.24. The monoisotopic (exact) mass is 163 g/mol. The second-order valence-electron chi connectivity index (χ2n) is 2.33. The van der Waals surface area contributed by atoms with Crippen molar-refractivity contribution in [3.8, 4) is 11.5 Å². The van der Waals surface area contributed by atoms with Gasteiger partial charge in [0.2, 0.25) is 0 Å². The molecule has 0 aliphatic carbocycles. The molecule has 1 rings (SSSR count). The maximum atomic E-state index is 9.24. The molecule has 0 spiro atoms. The van der Waals surface area contributed by atoms with Crippen molar-refractivity contribution in [3.05, 3.63) is 42.8 Å². The number of phenolic OH excluding ortho intramolecular Hbond substituents is 1. The highest BCUT2D eigenvalue weighted by Gasteiger charge is 2.00. The van der Waals surface area contributed by atoms with Crippen LogP contribution in [0.3, 0.4) is 0 Å². The zero-order chi connectivity index (χ0) is 8.97. The fourth-order valence-electron chi connectivity index (χ4n) is 0.934. The molecule has 0 fully saturated rings. The van der Waals surface area contributed by atoms with Gasteiger partial charge in [-0.15, -0.1) is 6.58 Å². The van der Waals surface area contributed by atoms with Crippen LogP contribution in [0.5, 0.6) is 11.5 Å². The topological polar surface area (TPSA) is 29.5 Å². The van der Waals surface area contributed by atoms with E-state index in [9.17, 15) is 5.11 Å². The lowest BCUT2D eigenvalue weighted by Gasteiger charge is -2.04. The Morgan fingerprint density at radius 1 is 1.50 bits per heavy atom. The molecule has 63 valence electrons. The van der Waals surface area contributed by atoms with Crippen molar-refractivity contribution in [3.63, 3.8) is 0 Å². The van der Waals surface area contributed by atoms with E-state index >= 15 is 0 Å². The third-order valence-electron chi connectivity index (χ3n) is 1.51. The molecule has 0 unspecified atom stereocenters. The third kappa shape index (κ3) is 1.78. The van der Waals surface area contributed by atoms with Crippen molar-refractivity contribution in [2.75, 3.05) is 7.11 Å². The van der Waals surface area contributed by atoms with E-state index in [1.54, 1.807) is 24.3 Å². The first-order valence-electron chi connectivity index (χ1n) is 3.60. The summed E-state index contributed by atoms with van der Waals surface area (Å²) in [5.41, 5.74) is 0.958. The van der Waals surface area contributed by atoms with E-state index in [-0.39, 0.29) is 5.75 Å². The van der Waals surface area contributed by atoms with Crippen LogP contribution in [0.4, 0.5) is 0 Å². The van der Waals surface area contributed by atoms with Crippen LogP contribution in [0.1, 0.15) is 5.56 Å². The van der Waals surface area contributed by atoms with E-state index in [0.717, 1.165) is 5.56 Å². The quantitative estimate of drug-likeness (QED) is 0.739. The summed E-state index contributed by atoms with van der Waals surface area (Å²) in [7, 11) is 1.52. The number of phenols is 1. The van der Waals surface area contributed by atoms with E-state index in [1.165, 1.54) is 7.11 Å². The van der Waals surface area contributed by atoms with Crippen LogP contribution in [-0.4, -0.2) is 12.2 Å². The van der Waals surface area contributed by atoms with Crippen LogP contribution in [0.2, 0.25) is 0 Å². The Balaban J connectivity index is 2.96. The highest BCUT2D eigenvalue weighted by molar-refractivity contribution is 5.44. The molecule has 2 nitrogen and oxygen atoms in total. The van der Waals surface area contributed by atoms with Crippen LogP contribution < -0.4 is 4.74 Å². The van der Waals surface area contributed by atoms with Gasteiger partial charge < -0.3 is 9.84 Å². The Hall–Kier alpha value is -1.44. The molecule has 0 atom stereocenters. The number of ether oxygens (including phenoxy) is 1. The number of hydrogen-bond donors (Lipinski definition) is 1. The number of aromatic hydroxyl groups is 1. The highest BCUT2D eigenvalue weighted by Crippen LogP contribution is 2.26. The summed E-state index contributed by atoms with van der Waals surface area (Å²) in [4.78, 5) is 0. The lowest BCUT2D eigenvalue weighted by atomic mass is 10.1. The van der Waals surface area contributed by atoms with Gasteiger partial charge in [0.25, 0.3) is 0 Å². The van der Waals surface area contributed by atoms with Crippen molar-refractivity contribution < 1.29 is 9.84 Å². The van der Waals surface area contributed by atoms with E-state index in [4.69, 9.17) is 4.74 Å². The molecule has 0 heterocycles. The van der Waals surface area contributed by atoms with Crippen LogP contribution in [0.15, 0.2) is 30.9 Å². The maximum Gasteiger partial charge on any atom is 0.160 e. The predicted octanol–water partition coefficient (Wildman–Crippen LogP) is 2.14. The van der Waals surface area contributed by atoms with Gasteiger partial charge in [-0.3, -0.25) is 0 Å². The minimum Gasteiger partial charge on any atom is -0.504 e. The molecule has 1 N–H and O–H groups in total. The SMILES string of the molecule is C=C[CH]c1ccc(O)c(OC)c1. The number of benzene rings is 1. The summed E-state index contributed by atoms with van der Waals surface area (Å²) < 4.78 is 4.93. The first kappa shape index (κ1) is 8.65. The fraction of sp³-hybridized carbons (Fsp3) is 0.100. The first-order chi connectivity index (χ1) is 5.77. The number of rotatable bonds is 3. The molecule has 0 saturated heterocycles. The lowest BCUT2D eigenvalue weighted by molar-refractivity contribution is 0.373. The third-order valence-corrected chi connectivity index (χ3v) is 1.51. The van der Waals surface area contributed by atoms with Crippen molar-refractivity contribution >= 4 is 0 Å². The molecule has 2 heteroatoms. The Kier molecular flexibility index (Phi) is 2.75. The largest absolute Gasteiger partial charge is 0.504 e. The van der Waals surface area contributed by atoms with Crippen molar-refractivity contribution in [1.29, 1.82) is 0 Å². The summed E-state index contributed by atoms with van der Waals surface area (Å²) in [5.74, 6) is 0.629. The lowest BCUT2D eigenvalue weighted by Crippen LogP contribution is -1.85. The van der Waals surface area contributed by atoms with Crippen molar-refractivity contribution in [2.24, 2.45) is 0 Å². The number of hydrogen-bond acceptors (Lipinski definition) is 2. The average Bonchev–Trinajstić information content (AvgIpc) is 2.09. The Morgan fingerprint density at radius 2 is 2.25 bits per heavy atom. The van der Waals surface area contributed by atoms with Gasteiger partial charge in [-0.2, -0.15) is 0 Å². The Labute approximate surface area is 72.1 Å². The first-order valence-corrected chi connectivity index (χ1v) is 3.60. The van der Waals surface area contributed by atoms with Gasteiger partial charge in [0, 0.05) is 6.42 Å². The van der Waals surface area contributed by atoms with Gasteiger partial charge in [-0.1, -0.05) is 12.1 Å². The minimum atomic E-state index is 0.152. The fourth-order valence-corrected chi connectivity index (χ4v) is 0.934. The normalized spacial score (nSPS) is 9.42. The molecule has 12 heavy (non-hydrogen) atoms. The predicted molar refractivity (Wildman–Crippen MR) is 48.3 cm³/mol. The van der Waals surface area contributed by atoms with Crippen LogP contribution in [0.25, 0.3) is 0 Å². The molecule has 0 bridgehead atoms. The van der Waals surface area contributed by atoms with E-state index < -0.39 is 0 Å².